The van der Waals surface area contributed by atoms with Crippen molar-refractivity contribution in [1.82, 2.24) is 0 Å². The lowest BCUT2D eigenvalue weighted by Gasteiger charge is -2.36. The highest BCUT2D eigenvalue weighted by Crippen LogP contribution is 2.61. The van der Waals surface area contributed by atoms with Gasteiger partial charge in [-0.05, 0) is 153 Å². The van der Waals surface area contributed by atoms with E-state index in [-0.39, 0.29) is 0 Å². The van der Waals surface area contributed by atoms with E-state index in [2.05, 4.69) is 317 Å². The summed E-state index contributed by atoms with van der Waals surface area (Å²) >= 11 is 0. The molecule has 1 aliphatic carbocycles. The summed E-state index contributed by atoms with van der Waals surface area (Å²) in [6, 6.07) is 103. The molecule has 2 aromatic heterocycles. The number of furan rings is 2. The average Bonchev–Trinajstić information content (AvgIpc) is 1.56. The molecule has 13 aromatic carbocycles. The van der Waals surface area contributed by atoms with Crippen molar-refractivity contribution >= 4 is 88.8 Å². The maximum atomic E-state index is 7.37. The molecule has 416 valence electrons. The van der Waals surface area contributed by atoms with Crippen LogP contribution >= 0.6 is 0 Å². The Hall–Kier alpha value is -10.7. The van der Waals surface area contributed by atoms with Crippen molar-refractivity contribution in [3.8, 4) is 33.4 Å². The maximum Gasteiger partial charge on any atom is 0.159 e. The molecule has 0 radical (unpaired) electrons. The molecule has 4 nitrogen and oxygen atoms in total. The standard InChI is InChI=1S/C83H62N2O2/c1-5-55-41-45-59(46-42-55)84(75-39-21-37-70-68-35-19-33-66(79(68)86-81(70)75)62-29-15-13-23-53(62)3)61-49-50-72-73(51-61)83(57-25-9-7-10-26-57,58-27-11-8-12-28-58)74-52-77(64-31-17-18-32-65(64)78(72)74)85(60-47-43-56(6-2)44-48-60)76-40-22-38-71-69-36-20-34-67(80(69)87-82(71)76)63-30-16-14-24-54(63)4/h7-52H,5-6H2,1-4H3. The van der Waals surface area contributed by atoms with Crippen LogP contribution in [-0.2, 0) is 18.3 Å². The van der Waals surface area contributed by atoms with Gasteiger partial charge in [-0.2, -0.15) is 0 Å². The number of para-hydroxylation sites is 4. The molecule has 4 heteroatoms. The predicted molar refractivity (Wildman–Crippen MR) is 364 cm³/mol. The summed E-state index contributed by atoms with van der Waals surface area (Å²) in [7, 11) is 0. The van der Waals surface area contributed by atoms with Gasteiger partial charge in [-0.1, -0.05) is 238 Å². The Morgan fingerprint density at radius 3 is 1.23 bits per heavy atom. The van der Waals surface area contributed by atoms with Crippen molar-refractivity contribution in [2.75, 3.05) is 9.80 Å². The van der Waals surface area contributed by atoms with E-state index in [1.807, 2.05) is 0 Å². The SMILES string of the molecule is CCc1ccc(N(c2ccc3c(c2)C(c2ccccc2)(c2ccccc2)c2cc(N(c4ccc(CC)cc4)c4cccc5c4oc4c(-c6ccccc6C)cccc45)c4ccccc4c2-3)c2cccc3c2oc2c(-c4ccccc4C)cccc23)cc1. The lowest BCUT2D eigenvalue weighted by Crippen LogP contribution is -2.29. The minimum absolute atomic E-state index is 0.806. The van der Waals surface area contributed by atoms with Crippen molar-refractivity contribution in [3.05, 3.63) is 324 Å². The second-order valence-electron chi connectivity index (χ2n) is 23.3. The molecule has 2 heterocycles. The smallest absolute Gasteiger partial charge is 0.159 e. The van der Waals surface area contributed by atoms with Crippen LogP contribution in [0.5, 0.6) is 0 Å². The first-order valence-corrected chi connectivity index (χ1v) is 30.5. The van der Waals surface area contributed by atoms with Crippen LogP contribution in [0.4, 0.5) is 34.1 Å². The van der Waals surface area contributed by atoms with Gasteiger partial charge in [0, 0.05) is 55.1 Å². The molecule has 87 heavy (non-hydrogen) atoms. The van der Waals surface area contributed by atoms with Gasteiger partial charge in [-0.3, -0.25) is 0 Å². The monoisotopic (exact) mass is 1120 g/mol. The number of aryl methyl sites for hydroxylation is 4. The number of fused-ring (bicyclic) bond motifs is 11. The highest BCUT2D eigenvalue weighted by atomic mass is 16.3. The van der Waals surface area contributed by atoms with Gasteiger partial charge >= 0.3 is 0 Å². The van der Waals surface area contributed by atoms with Crippen LogP contribution in [0.25, 0.3) is 88.0 Å². The lowest BCUT2D eigenvalue weighted by molar-refractivity contribution is 0.670. The molecule has 0 saturated carbocycles. The highest BCUT2D eigenvalue weighted by molar-refractivity contribution is 6.17. The molecule has 16 rings (SSSR count). The van der Waals surface area contributed by atoms with Gasteiger partial charge in [0.2, 0.25) is 0 Å². The molecule has 0 atom stereocenters. The summed E-state index contributed by atoms with van der Waals surface area (Å²) in [6.07, 6.45) is 1.87. The predicted octanol–water partition coefficient (Wildman–Crippen LogP) is 23.0. The van der Waals surface area contributed by atoms with Gasteiger partial charge < -0.3 is 18.6 Å². The summed E-state index contributed by atoms with van der Waals surface area (Å²) in [5, 5.41) is 6.63. The summed E-state index contributed by atoms with van der Waals surface area (Å²) < 4.78 is 14.7. The Bertz CT molecular complexity index is 5110. The van der Waals surface area contributed by atoms with Gasteiger partial charge in [0.05, 0.1) is 22.5 Å². The molecule has 0 aliphatic heterocycles. The number of nitrogens with zero attached hydrogens (tertiary/aromatic N) is 2. The lowest BCUT2D eigenvalue weighted by atomic mass is 9.67. The highest BCUT2D eigenvalue weighted by Gasteiger charge is 2.48. The Morgan fingerprint density at radius 1 is 0.299 bits per heavy atom. The Balaban J connectivity index is 0.977. The van der Waals surface area contributed by atoms with E-state index in [0.29, 0.717) is 0 Å². The molecule has 0 unspecified atom stereocenters. The first-order valence-electron chi connectivity index (χ1n) is 30.5. The van der Waals surface area contributed by atoms with Crippen LogP contribution in [0.15, 0.2) is 288 Å². The van der Waals surface area contributed by atoms with Crippen molar-refractivity contribution in [2.45, 2.75) is 46.0 Å². The van der Waals surface area contributed by atoms with Crippen molar-refractivity contribution < 1.29 is 8.83 Å². The fourth-order valence-corrected chi connectivity index (χ4v) is 14.4. The second kappa shape index (κ2) is 20.8. The molecule has 0 bridgehead atoms. The van der Waals surface area contributed by atoms with E-state index in [0.717, 1.165) is 113 Å². The van der Waals surface area contributed by atoms with Gasteiger partial charge in [0.1, 0.15) is 11.2 Å². The minimum Gasteiger partial charge on any atom is -0.453 e. The Morgan fingerprint density at radius 2 is 0.713 bits per heavy atom. The first kappa shape index (κ1) is 51.9. The third-order valence-corrected chi connectivity index (χ3v) is 18.6. The normalized spacial score (nSPS) is 12.6. The zero-order chi connectivity index (χ0) is 58.3. The van der Waals surface area contributed by atoms with Gasteiger partial charge in [0.25, 0.3) is 0 Å². The zero-order valence-electron chi connectivity index (χ0n) is 49.2. The van der Waals surface area contributed by atoms with Crippen LogP contribution in [0.2, 0.25) is 0 Å². The topological polar surface area (TPSA) is 32.8 Å². The maximum absolute atomic E-state index is 7.37. The van der Waals surface area contributed by atoms with Gasteiger partial charge in [0.15, 0.2) is 11.2 Å². The zero-order valence-corrected chi connectivity index (χ0v) is 49.2. The number of benzene rings is 13. The van der Waals surface area contributed by atoms with Crippen LogP contribution in [0, 0.1) is 13.8 Å². The third kappa shape index (κ3) is 8.12. The average molecular weight is 1120 g/mol. The molecule has 0 amide bonds. The quantitative estimate of drug-likeness (QED) is 0.122. The van der Waals surface area contributed by atoms with Crippen molar-refractivity contribution in [3.63, 3.8) is 0 Å². The van der Waals surface area contributed by atoms with Crippen LogP contribution in [-0.4, -0.2) is 0 Å². The molecule has 0 N–H and O–H groups in total. The molecule has 1 aliphatic rings. The molecule has 0 spiro atoms. The van der Waals surface area contributed by atoms with E-state index < -0.39 is 5.41 Å². The number of hydrogen-bond acceptors (Lipinski definition) is 4. The van der Waals surface area contributed by atoms with Crippen LogP contribution in [0.3, 0.4) is 0 Å². The van der Waals surface area contributed by atoms with E-state index in [1.54, 1.807) is 0 Å². The van der Waals surface area contributed by atoms with Crippen LogP contribution in [0.1, 0.15) is 58.4 Å². The van der Waals surface area contributed by atoms with E-state index in [9.17, 15) is 0 Å². The summed E-state index contributed by atoms with van der Waals surface area (Å²) in [4.78, 5) is 4.89. The van der Waals surface area contributed by atoms with Crippen LogP contribution < -0.4 is 9.80 Å². The third-order valence-electron chi connectivity index (χ3n) is 18.6. The van der Waals surface area contributed by atoms with Crippen molar-refractivity contribution in [1.29, 1.82) is 0 Å². The Labute approximate surface area is 507 Å². The van der Waals surface area contributed by atoms with E-state index in [4.69, 9.17) is 8.83 Å². The first-order chi connectivity index (χ1) is 42.9. The number of rotatable bonds is 12. The molecular formula is C83H62N2O2. The number of anilines is 6. The molecular weight excluding hydrogens is 1060 g/mol. The largest absolute Gasteiger partial charge is 0.453 e. The molecule has 0 saturated heterocycles. The van der Waals surface area contributed by atoms with Crippen molar-refractivity contribution in [2.24, 2.45) is 0 Å². The minimum atomic E-state index is -0.806. The summed E-state index contributed by atoms with van der Waals surface area (Å²) in [6.45, 7) is 8.80. The molecule has 0 fully saturated rings. The molecule has 15 aromatic rings. The number of hydrogen-bond donors (Lipinski definition) is 0. The summed E-state index contributed by atoms with van der Waals surface area (Å²) in [5.41, 5.74) is 25.4. The van der Waals surface area contributed by atoms with E-state index in [1.165, 1.54) is 66.6 Å². The van der Waals surface area contributed by atoms with E-state index >= 15 is 0 Å². The summed E-state index contributed by atoms with van der Waals surface area (Å²) in [5.74, 6) is 0. The van der Waals surface area contributed by atoms with Gasteiger partial charge in [-0.15, -0.1) is 0 Å². The Kier molecular flexibility index (Phi) is 12.4. The second-order valence-corrected chi connectivity index (χ2v) is 23.3. The fraction of sp³-hybridized carbons (Fsp3) is 0.0843. The van der Waals surface area contributed by atoms with Gasteiger partial charge in [-0.25, -0.2) is 0 Å². The fourth-order valence-electron chi connectivity index (χ4n) is 14.4.